The van der Waals surface area contributed by atoms with Crippen molar-refractivity contribution in [1.82, 2.24) is 14.7 Å². The van der Waals surface area contributed by atoms with Crippen LogP contribution in [0.2, 0.25) is 0 Å². The van der Waals surface area contributed by atoms with Crippen LogP contribution >= 0.6 is 0 Å². The molecule has 6 heteroatoms. The molecule has 1 atom stereocenters. The predicted octanol–water partition coefficient (Wildman–Crippen LogP) is 3.02. The summed E-state index contributed by atoms with van der Waals surface area (Å²) in [4.78, 5) is 28.4. The minimum Gasteiger partial charge on any atom is -0.344 e. The number of fused-ring (bicyclic) bond motifs is 2. The Labute approximate surface area is 151 Å². The van der Waals surface area contributed by atoms with E-state index in [1.165, 1.54) is 0 Å². The van der Waals surface area contributed by atoms with E-state index in [-0.39, 0.29) is 17.9 Å². The van der Waals surface area contributed by atoms with Crippen LogP contribution in [0.25, 0.3) is 5.65 Å². The summed E-state index contributed by atoms with van der Waals surface area (Å²) in [6.45, 7) is 3.94. The average Bonchev–Trinajstić information content (AvgIpc) is 3.04. The van der Waals surface area contributed by atoms with Gasteiger partial charge >= 0.3 is 0 Å². The number of imidazole rings is 1. The van der Waals surface area contributed by atoms with Gasteiger partial charge in [-0.1, -0.05) is 12.1 Å². The third-order valence-corrected chi connectivity index (χ3v) is 4.72. The lowest BCUT2D eigenvalue weighted by molar-refractivity contribution is -0.116. The van der Waals surface area contributed by atoms with Gasteiger partial charge in [0.2, 0.25) is 5.91 Å². The van der Waals surface area contributed by atoms with Crippen molar-refractivity contribution in [2.24, 2.45) is 0 Å². The summed E-state index contributed by atoms with van der Waals surface area (Å²) in [5, 5.41) is 5.87. The summed E-state index contributed by atoms with van der Waals surface area (Å²) >= 11 is 0. The number of amides is 2. The molecule has 0 saturated carbocycles. The lowest BCUT2D eigenvalue weighted by atomic mass is 9.98. The van der Waals surface area contributed by atoms with Gasteiger partial charge in [0.05, 0.1) is 6.04 Å². The Hall–Kier alpha value is -3.15. The molecule has 0 aliphatic carbocycles. The van der Waals surface area contributed by atoms with E-state index in [1.807, 2.05) is 54.8 Å². The summed E-state index contributed by atoms with van der Waals surface area (Å²) in [5.41, 5.74) is 5.23. The summed E-state index contributed by atoms with van der Waals surface area (Å²) in [7, 11) is 0. The van der Waals surface area contributed by atoms with Gasteiger partial charge in [0.15, 0.2) is 0 Å². The first kappa shape index (κ1) is 16.3. The number of nitrogens with zero attached hydrogens (tertiary/aromatic N) is 2. The largest absolute Gasteiger partial charge is 0.344 e. The van der Waals surface area contributed by atoms with E-state index < -0.39 is 0 Å². The lowest BCUT2D eigenvalue weighted by Crippen LogP contribution is -2.27. The monoisotopic (exact) mass is 348 g/mol. The van der Waals surface area contributed by atoms with Crippen LogP contribution < -0.4 is 10.6 Å². The molecule has 0 spiro atoms. The number of benzene rings is 1. The number of carbonyl (C=O) groups is 2. The van der Waals surface area contributed by atoms with E-state index in [0.29, 0.717) is 12.1 Å². The van der Waals surface area contributed by atoms with Crippen LogP contribution in [0.4, 0.5) is 5.69 Å². The molecule has 26 heavy (non-hydrogen) atoms. The zero-order chi connectivity index (χ0) is 18.3. The fourth-order valence-electron chi connectivity index (χ4n) is 3.22. The molecule has 0 radical (unpaired) electrons. The highest BCUT2D eigenvalue weighted by Gasteiger charge is 2.18. The molecule has 0 fully saturated rings. The quantitative estimate of drug-likeness (QED) is 0.764. The van der Waals surface area contributed by atoms with E-state index >= 15 is 0 Å². The molecule has 3 heterocycles. The van der Waals surface area contributed by atoms with Crippen molar-refractivity contribution in [2.75, 3.05) is 5.32 Å². The number of rotatable bonds is 3. The summed E-state index contributed by atoms with van der Waals surface area (Å²) < 4.78 is 1.84. The second-order valence-electron chi connectivity index (χ2n) is 6.76. The van der Waals surface area contributed by atoms with E-state index in [2.05, 4.69) is 15.6 Å². The highest BCUT2D eigenvalue weighted by molar-refractivity contribution is 5.94. The molecule has 2 amide bonds. The number of aromatic nitrogens is 2. The molecule has 2 aromatic heterocycles. The minimum atomic E-state index is -0.204. The lowest BCUT2D eigenvalue weighted by Gasteiger charge is -2.20. The highest BCUT2D eigenvalue weighted by Crippen LogP contribution is 2.26. The van der Waals surface area contributed by atoms with Crippen LogP contribution in [-0.4, -0.2) is 21.2 Å². The molecule has 2 N–H and O–H groups in total. The fraction of sp³-hybridized carbons (Fsp3) is 0.250. The van der Waals surface area contributed by atoms with Gasteiger partial charge < -0.3 is 15.0 Å². The van der Waals surface area contributed by atoms with Crippen LogP contribution in [0.5, 0.6) is 0 Å². The fourth-order valence-corrected chi connectivity index (χ4v) is 3.22. The molecule has 0 bridgehead atoms. The topological polar surface area (TPSA) is 75.5 Å². The first-order chi connectivity index (χ1) is 12.5. The van der Waals surface area contributed by atoms with E-state index in [0.717, 1.165) is 34.4 Å². The second-order valence-corrected chi connectivity index (χ2v) is 6.76. The van der Waals surface area contributed by atoms with Gasteiger partial charge in [-0.2, -0.15) is 0 Å². The summed E-state index contributed by atoms with van der Waals surface area (Å²) in [6, 6.07) is 9.65. The van der Waals surface area contributed by atoms with Crippen LogP contribution in [0, 0.1) is 6.92 Å². The van der Waals surface area contributed by atoms with Crippen molar-refractivity contribution in [3.8, 4) is 0 Å². The van der Waals surface area contributed by atoms with E-state index in [4.69, 9.17) is 0 Å². The molecule has 1 aliphatic heterocycles. The average molecular weight is 348 g/mol. The Morgan fingerprint density at radius 3 is 2.96 bits per heavy atom. The van der Waals surface area contributed by atoms with Crippen molar-refractivity contribution in [1.29, 1.82) is 0 Å². The molecular weight excluding hydrogens is 328 g/mol. The zero-order valence-electron chi connectivity index (χ0n) is 14.7. The Morgan fingerprint density at radius 1 is 1.27 bits per heavy atom. The Balaban J connectivity index is 1.52. The number of carbonyl (C=O) groups excluding carboxylic acids is 2. The maximum Gasteiger partial charge on any atom is 0.271 e. The van der Waals surface area contributed by atoms with Gasteiger partial charge in [-0.05, 0) is 55.2 Å². The molecule has 3 aromatic rings. The third kappa shape index (κ3) is 3.06. The SMILES string of the molecule is Cc1ccn2cc(C(=O)N[C@@H](C)c3ccc4c(c3)CCC(=O)N4)nc2c1. The van der Waals surface area contributed by atoms with Gasteiger partial charge in [0, 0.05) is 24.5 Å². The minimum absolute atomic E-state index is 0.0497. The van der Waals surface area contributed by atoms with Crippen LogP contribution in [-0.2, 0) is 11.2 Å². The van der Waals surface area contributed by atoms with Crippen molar-refractivity contribution in [3.63, 3.8) is 0 Å². The summed E-state index contributed by atoms with van der Waals surface area (Å²) in [5.74, 6) is -0.154. The second kappa shape index (κ2) is 6.29. The molecule has 0 unspecified atom stereocenters. The molecule has 132 valence electrons. The molecule has 1 aliphatic rings. The Bertz CT molecular complexity index is 1020. The third-order valence-electron chi connectivity index (χ3n) is 4.72. The van der Waals surface area contributed by atoms with Gasteiger partial charge in [0.1, 0.15) is 11.3 Å². The number of pyridine rings is 1. The number of hydrogen-bond acceptors (Lipinski definition) is 3. The molecule has 6 nitrogen and oxygen atoms in total. The molecule has 4 rings (SSSR count). The first-order valence-electron chi connectivity index (χ1n) is 8.68. The van der Waals surface area contributed by atoms with Crippen LogP contribution in [0.15, 0.2) is 42.7 Å². The smallest absolute Gasteiger partial charge is 0.271 e. The van der Waals surface area contributed by atoms with Crippen molar-refractivity contribution < 1.29 is 9.59 Å². The van der Waals surface area contributed by atoms with E-state index in [9.17, 15) is 9.59 Å². The number of nitrogens with one attached hydrogen (secondary N) is 2. The maximum absolute atomic E-state index is 12.6. The van der Waals surface area contributed by atoms with Gasteiger partial charge in [-0.15, -0.1) is 0 Å². The van der Waals surface area contributed by atoms with E-state index in [1.54, 1.807) is 6.20 Å². The van der Waals surface area contributed by atoms with Gasteiger partial charge in [0.25, 0.3) is 5.91 Å². The van der Waals surface area contributed by atoms with Crippen LogP contribution in [0.1, 0.15) is 46.6 Å². The Kier molecular flexibility index (Phi) is 3.95. The molecular formula is C20H20N4O2. The van der Waals surface area contributed by atoms with Crippen molar-refractivity contribution >= 4 is 23.1 Å². The summed E-state index contributed by atoms with van der Waals surface area (Å²) in [6.07, 6.45) is 4.86. The van der Waals surface area contributed by atoms with Gasteiger partial charge in [-0.3, -0.25) is 9.59 Å². The maximum atomic E-state index is 12.6. The normalized spacial score (nSPS) is 14.6. The molecule has 0 saturated heterocycles. The standard InChI is InChI=1S/C20H20N4O2/c1-12-7-8-24-11-17(22-18(24)9-12)20(26)21-13(2)14-3-5-16-15(10-14)4-6-19(25)23-16/h3,5,7-11,13H,4,6H2,1-2H3,(H,21,26)(H,23,25)/t13-/m0/s1. The Morgan fingerprint density at radius 2 is 2.12 bits per heavy atom. The highest BCUT2D eigenvalue weighted by atomic mass is 16.2. The van der Waals surface area contributed by atoms with Crippen molar-refractivity contribution in [3.05, 3.63) is 65.1 Å². The number of aryl methyl sites for hydroxylation is 2. The van der Waals surface area contributed by atoms with Crippen molar-refractivity contribution in [2.45, 2.75) is 32.7 Å². The zero-order valence-corrected chi connectivity index (χ0v) is 14.7. The van der Waals surface area contributed by atoms with Crippen LogP contribution in [0.3, 0.4) is 0 Å². The predicted molar refractivity (Wildman–Crippen MR) is 99.2 cm³/mol. The first-order valence-corrected chi connectivity index (χ1v) is 8.68. The van der Waals surface area contributed by atoms with Gasteiger partial charge in [-0.25, -0.2) is 4.98 Å². The number of anilines is 1. The molecule has 1 aromatic carbocycles. The number of hydrogen-bond donors (Lipinski definition) is 2.